The maximum atomic E-state index is 12.2. The van der Waals surface area contributed by atoms with Gasteiger partial charge < -0.3 is 5.73 Å². The van der Waals surface area contributed by atoms with Crippen molar-refractivity contribution in [2.45, 2.75) is 6.42 Å². The average molecular weight is 182 g/mol. The van der Waals surface area contributed by atoms with Gasteiger partial charge in [0.2, 0.25) is 0 Å². The zero-order valence-corrected chi connectivity index (χ0v) is 6.97. The fourth-order valence-corrected chi connectivity index (χ4v) is 1.37. The molecule has 0 fully saturated rings. The van der Waals surface area contributed by atoms with E-state index >= 15 is 0 Å². The first-order valence-corrected chi connectivity index (χ1v) is 3.59. The molecule has 0 aromatic carbocycles. The average Bonchev–Trinajstić information content (AvgIpc) is 2.17. The Kier molecular flexibility index (Phi) is 4.60. The molecule has 0 spiro atoms. The third-order valence-electron chi connectivity index (χ3n) is 1.02. The van der Waals surface area contributed by atoms with Gasteiger partial charge in [0.05, 0.1) is 0 Å². The normalized spacial score (nSPS) is 9.00. The van der Waals surface area contributed by atoms with Crippen molar-refractivity contribution in [3.8, 4) is 0 Å². The van der Waals surface area contributed by atoms with Crippen LogP contribution in [0.2, 0.25) is 0 Å². The molecule has 0 bridgehead atoms. The SMILES string of the molecule is Cl.NCCc1ccc(F)s1. The highest BCUT2D eigenvalue weighted by Crippen LogP contribution is 2.13. The quantitative estimate of drug-likeness (QED) is 0.740. The molecule has 2 N–H and O–H groups in total. The summed E-state index contributed by atoms with van der Waals surface area (Å²) in [4.78, 5) is 1.02. The fraction of sp³-hybridized carbons (Fsp3) is 0.333. The van der Waals surface area contributed by atoms with Gasteiger partial charge in [0.1, 0.15) is 0 Å². The summed E-state index contributed by atoms with van der Waals surface area (Å²) >= 11 is 1.17. The van der Waals surface area contributed by atoms with E-state index in [1.54, 1.807) is 6.07 Å². The molecule has 1 nitrogen and oxygen atoms in total. The minimum Gasteiger partial charge on any atom is -0.330 e. The van der Waals surface area contributed by atoms with E-state index in [4.69, 9.17) is 5.73 Å². The monoisotopic (exact) mass is 181 g/mol. The standard InChI is InChI=1S/C6H8FNS.ClH/c7-6-2-1-5(9-6)3-4-8;/h1-2H,3-4,8H2;1H. The Morgan fingerprint density at radius 1 is 1.50 bits per heavy atom. The zero-order chi connectivity index (χ0) is 6.69. The van der Waals surface area contributed by atoms with Crippen LogP contribution in [0.3, 0.4) is 0 Å². The van der Waals surface area contributed by atoms with Crippen molar-refractivity contribution in [1.82, 2.24) is 0 Å². The van der Waals surface area contributed by atoms with Gasteiger partial charge in [-0.2, -0.15) is 4.39 Å². The second-order valence-corrected chi connectivity index (χ2v) is 2.86. The van der Waals surface area contributed by atoms with Crippen molar-refractivity contribution in [3.63, 3.8) is 0 Å². The molecule has 4 heteroatoms. The smallest absolute Gasteiger partial charge is 0.176 e. The molecule has 1 rings (SSSR count). The summed E-state index contributed by atoms with van der Waals surface area (Å²) in [6.07, 6.45) is 0.786. The predicted molar refractivity (Wildman–Crippen MR) is 44.3 cm³/mol. The zero-order valence-electron chi connectivity index (χ0n) is 5.34. The van der Waals surface area contributed by atoms with Crippen LogP contribution in [0.5, 0.6) is 0 Å². The highest BCUT2D eigenvalue weighted by molar-refractivity contribution is 7.10. The Bertz CT molecular complexity index is 190. The number of rotatable bonds is 2. The first-order chi connectivity index (χ1) is 4.33. The van der Waals surface area contributed by atoms with Crippen LogP contribution in [0.1, 0.15) is 4.88 Å². The second kappa shape index (κ2) is 4.66. The summed E-state index contributed by atoms with van der Waals surface area (Å²) < 4.78 is 12.2. The molecule has 0 unspecified atom stereocenters. The van der Waals surface area contributed by atoms with Gasteiger partial charge in [-0.3, -0.25) is 0 Å². The van der Waals surface area contributed by atoms with Crippen molar-refractivity contribution >= 4 is 23.7 Å². The van der Waals surface area contributed by atoms with Crippen LogP contribution in [0.4, 0.5) is 4.39 Å². The van der Waals surface area contributed by atoms with Gasteiger partial charge in [0.15, 0.2) is 5.13 Å². The lowest BCUT2D eigenvalue weighted by molar-refractivity contribution is 0.657. The van der Waals surface area contributed by atoms with Crippen molar-refractivity contribution in [3.05, 3.63) is 22.1 Å². The number of thiophene rings is 1. The Labute approximate surface area is 69.5 Å². The van der Waals surface area contributed by atoms with Crippen molar-refractivity contribution in [1.29, 1.82) is 0 Å². The van der Waals surface area contributed by atoms with Crippen LogP contribution in [0, 0.1) is 5.13 Å². The molecule has 0 radical (unpaired) electrons. The molecule has 0 amide bonds. The molecular weight excluding hydrogens is 173 g/mol. The molecule has 0 aliphatic carbocycles. The van der Waals surface area contributed by atoms with Crippen molar-refractivity contribution in [2.75, 3.05) is 6.54 Å². The lowest BCUT2D eigenvalue weighted by atomic mass is 10.3. The molecular formula is C6H9ClFNS. The van der Waals surface area contributed by atoms with E-state index < -0.39 is 0 Å². The lowest BCUT2D eigenvalue weighted by Crippen LogP contribution is -2.00. The molecule has 58 valence electrons. The van der Waals surface area contributed by atoms with E-state index in [-0.39, 0.29) is 17.5 Å². The maximum Gasteiger partial charge on any atom is 0.176 e. The summed E-state index contributed by atoms with van der Waals surface area (Å²) in [6, 6.07) is 3.24. The van der Waals surface area contributed by atoms with Crippen LogP contribution in [0.15, 0.2) is 12.1 Å². The Balaban J connectivity index is 0.000000810. The second-order valence-electron chi connectivity index (χ2n) is 1.74. The van der Waals surface area contributed by atoms with E-state index in [9.17, 15) is 4.39 Å². The number of halogens is 2. The number of nitrogens with two attached hydrogens (primary N) is 1. The van der Waals surface area contributed by atoms with Crippen LogP contribution in [-0.2, 0) is 6.42 Å². The lowest BCUT2D eigenvalue weighted by Gasteiger charge is -1.86. The molecule has 0 atom stereocenters. The first kappa shape index (κ1) is 9.88. The van der Waals surface area contributed by atoms with Gasteiger partial charge in [-0.15, -0.1) is 23.7 Å². The van der Waals surface area contributed by atoms with E-state index in [0.29, 0.717) is 6.54 Å². The van der Waals surface area contributed by atoms with Gasteiger partial charge >= 0.3 is 0 Å². The predicted octanol–water partition coefficient (Wildman–Crippen LogP) is 1.81. The van der Waals surface area contributed by atoms with Crippen LogP contribution < -0.4 is 5.73 Å². The third kappa shape index (κ3) is 2.64. The van der Waals surface area contributed by atoms with E-state index in [1.165, 1.54) is 17.4 Å². The minimum atomic E-state index is -0.126. The Morgan fingerprint density at radius 3 is 2.60 bits per heavy atom. The van der Waals surface area contributed by atoms with Crippen LogP contribution in [-0.4, -0.2) is 6.54 Å². The molecule has 0 aliphatic heterocycles. The Morgan fingerprint density at radius 2 is 2.20 bits per heavy atom. The molecule has 10 heavy (non-hydrogen) atoms. The van der Waals surface area contributed by atoms with Crippen molar-refractivity contribution in [2.24, 2.45) is 5.73 Å². The molecule has 1 heterocycles. The van der Waals surface area contributed by atoms with Gasteiger partial charge in [0.25, 0.3) is 0 Å². The van der Waals surface area contributed by atoms with E-state index in [1.807, 2.05) is 0 Å². The number of hydrogen-bond acceptors (Lipinski definition) is 2. The fourth-order valence-electron chi connectivity index (χ4n) is 0.628. The van der Waals surface area contributed by atoms with Gasteiger partial charge in [-0.25, -0.2) is 0 Å². The van der Waals surface area contributed by atoms with E-state index in [2.05, 4.69) is 0 Å². The minimum absolute atomic E-state index is 0. The molecule has 1 aromatic rings. The van der Waals surface area contributed by atoms with E-state index in [0.717, 1.165) is 11.3 Å². The number of hydrogen-bond donors (Lipinski definition) is 1. The van der Waals surface area contributed by atoms with Crippen LogP contribution >= 0.6 is 23.7 Å². The summed E-state index contributed by atoms with van der Waals surface area (Å²) in [5.74, 6) is 0. The maximum absolute atomic E-state index is 12.2. The topological polar surface area (TPSA) is 26.0 Å². The summed E-state index contributed by atoms with van der Waals surface area (Å²) in [6.45, 7) is 0.597. The van der Waals surface area contributed by atoms with Gasteiger partial charge in [-0.05, 0) is 25.1 Å². The highest BCUT2D eigenvalue weighted by Gasteiger charge is 1.95. The third-order valence-corrected chi connectivity index (χ3v) is 1.95. The largest absolute Gasteiger partial charge is 0.330 e. The summed E-state index contributed by atoms with van der Waals surface area (Å²) in [5, 5.41) is -0.126. The molecule has 1 aromatic heterocycles. The molecule has 0 saturated carbocycles. The van der Waals surface area contributed by atoms with Crippen LogP contribution in [0.25, 0.3) is 0 Å². The summed E-state index contributed by atoms with van der Waals surface area (Å²) in [5.41, 5.74) is 5.25. The van der Waals surface area contributed by atoms with Gasteiger partial charge in [0, 0.05) is 4.88 Å². The Hall–Kier alpha value is -0.120. The van der Waals surface area contributed by atoms with Crippen molar-refractivity contribution < 1.29 is 4.39 Å². The highest BCUT2D eigenvalue weighted by atomic mass is 35.5. The van der Waals surface area contributed by atoms with Gasteiger partial charge in [-0.1, -0.05) is 0 Å². The molecule has 0 saturated heterocycles. The first-order valence-electron chi connectivity index (χ1n) is 2.77. The molecule has 0 aliphatic rings. The summed E-state index contributed by atoms with van der Waals surface area (Å²) in [7, 11) is 0.